The van der Waals surface area contributed by atoms with Crippen LogP contribution in [0.4, 0.5) is 17.3 Å². The fourth-order valence-electron chi connectivity index (χ4n) is 4.93. The van der Waals surface area contributed by atoms with Gasteiger partial charge >= 0.3 is 0 Å². The second kappa shape index (κ2) is 10.1. The van der Waals surface area contributed by atoms with E-state index in [2.05, 4.69) is 54.2 Å². The van der Waals surface area contributed by atoms with Crippen molar-refractivity contribution >= 4 is 33.3 Å². The monoisotopic (exact) mass is 521 g/mol. The van der Waals surface area contributed by atoms with Gasteiger partial charge in [-0.3, -0.25) is 4.79 Å². The van der Waals surface area contributed by atoms with Crippen molar-refractivity contribution in [3.05, 3.63) is 71.9 Å². The van der Waals surface area contributed by atoms with Crippen molar-refractivity contribution < 1.29 is 13.2 Å². The zero-order valence-electron chi connectivity index (χ0n) is 22.3. The molecular formula is C28H35N5O3S. The van der Waals surface area contributed by atoms with Gasteiger partial charge in [0.2, 0.25) is 0 Å². The van der Waals surface area contributed by atoms with E-state index in [1.54, 1.807) is 35.4 Å². The Balaban J connectivity index is 1.58. The summed E-state index contributed by atoms with van der Waals surface area (Å²) in [5, 5.41) is -0.232. The van der Waals surface area contributed by atoms with Crippen LogP contribution in [0, 0.1) is 5.92 Å². The summed E-state index contributed by atoms with van der Waals surface area (Å²) < 4.78 is 28.6. The molecule has 1 aromatic carbocycles. The lowest BCUT2D eigenvalue weighted by molar-refractivity contribution is 0.0981. The summed E-state index contributed by atoms with van der Waals surface area (Å²) in [5.74, 6) is 1.04. The van der Waals surface area contributed by atoms with Crippen molar-refractivity contribution in [1.29, 1.82) is 0 Å². The summed E-state index contributed by atoms with van der Waals surface area (Å²) in [4.78, 5) is 25.9. The maximum atomic E-state index is 13.2. The maximum absolute atomic E-state index is 13.2. The molecule has 1 aliphatic rings. The van der Waals surface area contributed by atoms with E-state index in [-0.39, 0.29) is 16.1 Å². The quantitative estimate of drug-likeness (QED) is 0.461. The zero-order chi connectivity index (χ0) is 27.0. The molecule has 9 heteroatoms. The molecule has 0 aliphatic carbocycles. The number of aromatic nitrogens is 2. The summed E-state index contributed by atoms with van der Waals surface area (Å²) in [6.07, 6.45) is 2.57. The predicted octanol–water partition coefficient (Wildman–Crippen LogP) is 5.11. The first kappa shape index (κ1) is 26.6. The van der Waals surface area contributed by atoms with Crippen molar-refractivity contribution in [3.63, 3.8) is 0 Å². The van der Waals surface area contributed by atoms with E-state index in [0.29, 0.717) is 23.5 Å². The number of nitrogens with zero attached hydrogens (tertiary/aromatic N) is 4. The molecule has 2 aromatic heterocycles. The van der Waals surface area contributed by atoms with E-state index in [1.807, 2.05) is 31.3 Å². The van der Waals surface area contributed by atoms with Gasteiger partial charge in [0.15, 0.2) is 5.03 Å². The first-order chi connectivity index (χ1) is 17.4. The maximum Gasteiger partial charge on any atom is 0.281 e. The van der Waals surface area contributed by atoms with Gasteiger partial charge in [-0.2, -0.15) is 8.42 Å². The molecule has 1 amide bonds. The van der Waals surface area contributed by atoms with Gasteiger partial charge < -0.3 is 9.80 Å². The van der Waals surface area contributed by atoms with Crippen molar-refractivity contribution in [1.82, 2.24) is 14.7 Å². The molecular weight excluding hydrogens is 486 g/mol. The third-order valence-corrected chi connectivity index (χ3v) is 8.09. The Morgan fingerprint density at radius 2 is 1.81 bits per heavy atom. The van der Waals surface area contributed by atoms with Crippen LogP contribution in [0.25, 0.3) is 0 Å². The highest BCUT2D eigenvalue weighted by atomic mass is 32.2. The first-order valence-corrected chi connectivity index (χ1v) is 14.0. The number of hydrogen-bond donors (Lipinski definition) is 1. The second-order valence-corrected chi connectivity index (χ2v) is 12.3. The summed E-state index contributed by atoms with van der Waals surface area (Å²) >= 11 is 0. The number of nitrogens with one attached hydrogen (secondary N) is 1. The molecule has 0 spiro atoms. The SMILES string of the molecule is CC1CN(c2ncccc2C(=O)NS(=O)(=O)c2cccc(N(C)c3ccc(C(C)C)cc3)n2)C(C)(C)C1. The van der Waals surface area contributed by atoms with Crippen molar-refractivity contribution in [2.75, 3.05) is 23.4 Å². The normalized spacial score (nSPS) is 17.2. The molecule has 1 saturated heterocycles. The van der Waals surface area contributed by atoms with Gasteiger partial charge in [-0.15, -0.1) is 0 Å². The molecule has 196 valence electrons. The lowest BCUT2D eigenvalue weighted by Gasteiger charge is -2.33. The number of hydrogen-bond acceptors (Lipinski definition) is 7. The Hall–Kier alpha value is -3.46. The van der Waals surface area contributed by atoms with E-state index in [1.165, 1.54) is 11.6 Å². The van der Waals surface area contributed by atoms with Crippen LogP contribution in [0.15, 0.2) is 65.8 Å². The standard InChI is InChI=1S/C28H35N5O3S/c1-19(2)21-12-14-22(15-13-21)32(6)24-10-7-11-25(30-24)37(35,36)31-27(34)23-9-8-16-29-26(23)33-18-20(3)17-28(33,4)5/h7-16,19-20H,17-18H2,1-6H3,(H,31,34). The predicted molar refractivity (Wildman–Crippen MR) is 147 cm³/mol. The van der Waals surface area contributed by atoms with Crippen LogP contribution in [0.3, 0.4) is 0 Å². The van der Waals surface area contributed by atoms with Crippen LogP contribution in [-0.4, -0.2) is 43.4 Å². The fraction of sp³-hybridized carbons (Fsp3) is 0.393. The van der Waals surface area contributed by atoms with Gasteiger partial charge in [0.1, 0.15) is 11.6 Å². The molecule has 0 saturated carbocycles. The van der Waals surface area contributed by atoms with Gasteiger partial charge in [0.05, 0.1) is 5.56 Å². The highest BCUT2D eigenvalue weighted by molar-refractivity contribution is 7.90. The van der Waals surface area contributed by atoms with Crippen LogP contribution < -0.4 is 14.5 Å². The van der Waals surface area contributed by atoms with E-state index in [4.69, 9.17) is 0 Å². The van der Waals surface area contributed by atoms with E-state index in [9.17, 15) is 13.2 Å². The number of pyridine rings is 2. The summed E-state index contributed by atoms with van der Waals surface area (Å²) in [5.41, 5.74) is 2.10. The van der Waals surface area contributed by atoms with Crippen molar-refractivity contribution in [3.8, 4) is 0 Å². The van der Waals surface area contributed by atoms with Crippen LogP contribution >= 0.6 is 0 Å². The minimum Gasteiger partial charge on any atom is -0.351 e. The number of carbonyl (C=O) groups excluding carboxylic acids is 1. The lowest BCUT2D eigenvalue weighted by atomic mass is 9.97. The number of anilines is 3. The van der Waals surface area contributed by atoms with Gasteiger partial charge in [-0.25, -0.2) is 14.7 Å². The molecule has 0 radical (unpaired) electrons. The Morgan fingerprint density at radius 1 is 1.11 bits per heavy atom. The second-order valence-electron chi connectivity index (χ2n) is 10.7. The number of amides is 1. The molecule has 3 heterocycles. The topological polar surface area (TPSA) is 95.5 Å². The van der Waals surface area contributed by atoms with Crippen LogP contribution in [0.1, 0.15) is 62.9 Å². The smallest absolute Gasteiger partial charge is 0.281 e. The third-order valence-electron chi connectivity index (χ3n) is 6.86. The average molecular weight is 522 g/mol. The average Bonchev–Trinajstić information content (AvgIpc) is 3.14. The van der Waals surface area contributed by atoms with Gasteiger partial charge in [-0.05, 0) is 74.1 Å². The lowest BCUT2D eigenvalue weighted by Crippen LogP contribution is -2.41. The molecule has 1 unspecified atom stereocenters. The minimum atomic E-state index is -4.23. The van der Waals surface area contributed by atoms with Crippen LogP contribution in [0.2, 0.25) is 0 Å². The zero-order valence-corrected chi connectivity index (χ0v) is 23.1. The van der Waals surface area contributed by atoms with Gasteiger partial charge in [0, 0.05) is 31.0 Å². The summed E-state index contributed by atoms with van der Waals surface area (Å²) in [6.45, 7) is 11.4. The molecule has 0 bridgehead atoms. The Labute approximate surface area is 219 Å². The van der Waals surface area contributed by atoms with Crippen LogP contribution in [0.5, 0.6) is 0 Å². The van der Waals surface area contributed by atoms with Crippen molar-refractivity contribution in [2.24, 2.45) is 5.92 Å². The van der Waals surface area contributed by atoms with Gasteiger partial charge in [-0.1, -0.05) is 39.0 Å². The number of carbonyl (C=O) groups is 1. The fourth-order valence-corrected chi connectivity index (χ4v) is 5.86. The molecule has 1 aliphatic heterocycles. The number of rotatable bonds is 7. The van der Waals surface area contributed by atoms with Gasteiger partial charge in [0.25, 0.3) is 15.9 Å². The van der Waals surface area contributed by atoms with E-state index >= 15 is 0 Å². The highest BCUT2D eigenvalue weighted by Crippen LogP contribution is 2.37. The largest absolute Gasteiger partial charge is 0.351 e. The Bertz CT molecular complexity index is 1390. The molecule has 1 fully saturated rings. The Kier molecular flexibility index (Phi) is 7.28. The highest BCUT2D eigenvalue weighted by Gasteiger charge is 2.39. The number of benzene rings is 1. The minimum absolute atomic E-state index is 0.199. The molecule has 3 aromatic rings. The Morgan fingerprint density at radius 3 is 2.43 bits per heavy atom. The number of sulfonamides is 1. The first-order valence-electron chi connectivity index (χ1n) is 12.5. The summed E-state index contributed by atoms with van der Waals surface area (Å²) in [7, 11) is -2.41. The van der Waals surface area contributed by atoms with Crippen molar-refractivity contribution in [2.45, 2.75) is 57.5 Å². The molecule has 1 atom stereocenters. The van der Waals surface area contributed by atoms with E-state index in [0.717, 1.165) is 18.7 Å². The van der Waals surface area contributed by atoms with Crippen LogP contribution in [-0.2, 0) is 10.0 Å². The third kappa shape index (κ3) is 5.61. The molecule has 1 N–H and O–H groups in total. The molecule has 4 rings (SSSR count). The summed E-state index contributed by atoms with van der Waals surface area (Å²) in [6, 6.07) is 16.0. The molecule has 37 heavy (non-hydrogen) atoms. The molecule has 8 nitrogen and oxygen atoms in total. The van der Waals surface area contributed by atoms with E-state index < -0.39 is 15.9 Å².